The number of anilines is 1. The van der Waals surface area contributed by atoms with Gasteiger partial charge in [0.15, 0.2) is 10.8 Å². The molecule has 128 valence electrons. The summed E-state index contributed by atoms with van der Waals surface area (Å²) in [5.74, 6) is -0.432. The molecule has 1 aromatic carbocycles. The highest BCUT2D eigenvalue weighted by Gasteiger charge is 2.17. The van der Waals surface area contributed by atoms with Crippen molar-refractivity contribution in [3.8, 4) is 10.6 Å². The minimum Gasteiger partial charge on any atom is -0.296 e. The predicted molar refractivity (Wildman–Crippen MR) is 100 cm³/mol. The van der Waals surface area contributed by atoms with E-state index in [-0.39, 0.29) is 11.3 Å². The molecule has 0 atom stereocenters. The molecule has 0 aliphatic heterocycles. The summed E-state index contributed by atoms with van der Waals surface area (Å²) in [5.41, 5.74) is 1.39. The number of aromatic nitrogens is 4. The van der Waals surface area contributed by atoms with Gasteiger partial charge in [0, 0.05) is 11.6 Å². The number of thiazole rings is 1. The van der Waals surface area contributed by atoms with Crippen LogP contribution in [-0.2, 0) is 0 Å². The molecular weight excluding hydrogens is 350 g/mol. The molecule has 0 saturated carbocycles. The van der Waals surface area contributed by atoms with Gasteiger partial charge >= 0.3 is 0 Å². The van der Waals surface area contributed by atoms with E-state index < -0.39 is 5.91 Å². The van der Waals surface area contributed by atoms with E-state index in [1.54, 1.807) is 30.5 Å². The minimum atomic E-state index is -0.432. The zero-order chi connectivity index (χ0) is 18.1. The third-order valence-corrected chi connectivity index (χ3v) is 4.92. The number of H-pyrrole nitrogens is 1. The van der Waals surface area contributed by atoms with Gasteiger partial charge in [0.2, 0.25) is 0 Å². The van der Waals surface area contributed by atoms with Crippen LogP contribution >= 0.6 is 11.3 Å². The Morgan fingerprint density at radius 1 is 1.12 bits per heavy atom. The third kappa shape index (κ3) is 2.86. The van der Waals surface area contributed by atoms with E-state index in [1.165, 1.54) is 11.3 Å². The van der Waals surface area contributed by atoms with Gasteiger partial charge < -0.3 is 0 Å². The lowest BCUT2D eigenvalue weighted by atomic mass is 10.1. The molecule has 3 aromatic heterocycles. The van der Waals surface area contributed by atoms with Crippen LogP contribution in [0, 0.1) is 6.92 Å². The number of aromatic amines is 1. The van der Waals surface area contributed by atoms with Gasteiger partial charge in [-0.15, -0.1) is 0 Å². The Hall–Kier alpha value is -3.39. The molecule has 26 heavy (non-hydrogen) atoms. The van der Waals surface area contributed by atoms with Crippen molar-refractivity contribution in [2.45, 2.75) is 6.92 Å². The first-order chi connectivity index (χ1) is 12.6. The quantitative estimate of drug-likeness (QED) is 0.583. The second kappa shape index (κ2) is 6.49. The van der Waals surface area contributed by atoms with E-state index in [9.17, 15) is 9.59 Å². The fourth-order valence-electron chi connectivity index (χ4n) is 2.63. The van der Waals surface area contributed by atoms with Crippen LogP contribution in [0.3, 0.4) is 0 Å². The number of aryl methyl sites for hydroxylation is 1. The van der Waals surface area contributed by atoms with Crippen LogP contribution in [0.15, 0.2) is 53.5 Å². The van der Waals surface area contributed by atoms with E-state index >= 15 is 0 Å². The number of fused-ring (bicyclic) bond motifs is 1. The Labute approximate surface area is 151 Å². The van der Waals surface area contributed by atoms with Gasteiger partial charge in [-0.1, -0.05) is 35.6 Å². The monoisotopic (exact) mass is 363 g/mol. The van der Waals surface area contributed by atoms with Gasteiger partial charge in [0.05, 0.1) is 21.7 Å². The van der Waals surface area contributed by atoms with Crippen molar-refractivity contribution in [1.29, 1.82) is 0 Å². The molecule has 4 aromatic rings. The van der Waals surface area contributed by atoms with Crippen molar-refractivity contribution in [2.24, 2.45) is 0 Å². The summed E-state index contributed by atoms with van der Waals surface area (Å²) in [6.45, 7) is 1.86. The summed E-state index contributed by atoms with van der Waals surface area (Å²) in [5, 5.41) is 10.4. The average molecular weight is 363 g/mol. The maximum Gasteiger partial charge on any atom is 0.278 e. The van der Waals surface area contributed by atoms with E-state index in [1.807, 2.05) is 25.1 Å². The largest absolute Gasteiger partial charge is 0.296 e. The number of nitrogens with zero attached hydrogens (tertiary/aromatic N) is 3. The Morgan fingerprint density at radius 3 is 2.65 bits per heavy atom. The third-order valence-electron chi connectivity index (χ3n) is 3.83. The standard InChI is InChI=1S/C18H13N5O2S/c1-10-15(13-8-4-5-9-19-13)26-18(20-10)21-17(25)14-11-6-2-3-7-12(11)16(24)23-22-14/h2-9H,1H3,(H,23,24)(H,20,21,25). The van der Waals surface area contributed by atoms with Crippen LogP contribution in [0.2, 0.25) is 0 Å². The highest BCUT2D eigenvalue weighted by molar-refractivity contribution is 7.19. The zero-order valence-electron chi connectivity index (χ0n) is 13.7. The number of amides is 1. The second-order valence-corrected chi connectivity index (χ2v) is 6.55. The topological polar surface area (TPSA) is 101 Å². The maximum atomic E-state index is 12.7. The Morgan fingerprint density at radius 2 is 1.88 bits per heavy atom. The molecule has 0 unspecified atom stereocenters. The molecule has 0 aliphatic carbocycles. The summed E-state index contributed by atoms with van der Waals surface area (Å²) in [4.78, 5) is 34.1. The Bertz CT molecular complexity index is 1170. The molecular formula is C18H13N5O2S. The Balaban J connectivity index is 1.68. The summed E-state index contributed by atoms with van der Waals surface area (Å²) in [7, 11) is 0. The van der Waals surface area contributed by atoms with Gasteiger partial charge in [-0.3, -0.25) is 19.9 Å². The molecule has 0 aliphatic rings. The van der Waals surface area contributed by atoms with Crippen molar-refractivity contribution in [2.75, 3.05) is 5.32 Å². The molecule has 1 amide bonds. The number of nitrogens with one attached hydrogen (secondary N) is 2. The number of rotatable bonds is 3. The van der Waals surface area contributed by atoms with Crippen molar-refractivity contribution < 1.29 is 4.79 Å². The molecule has 8 heteroatoms. The first kappa shape index (κ1) is 16.1. The smallest absolute Gasteiger partial charge is 0.278 e. The molecule has 0 saturated heterocycles. The van der Waals surface area contributed by atoms with Gasteiger partial charge in [-0.25, -0.2) is 10.1 Å². The predicted octanol–water partition coefficient (Wildman–Crippen LogP) is 3.00. The summed E-state index contributed by atoms with van der Waals surface area (Å²) in [6, 6.07) is 12.5. The van der Waals surface area contributed by atoms with Gasteiger partial charge in [0.25, 0.3) is 11.5 Å². The van der Waals surface area contributed by atoms with Crippen LogP contribution in [0.25, 0.3) is 21.3 Å². The molecule has 4 rings (SSSR count). The molecule has 3 heterocycles. The zero-order valence-corrected chi connectivity index (χ0v) is 14.5. The summed E-state index contributed by atoms with van der Waals surface area (Å²) >= 11 is 1.34. The molecule has 0 bridgehead atoms. The van der Waals surface area contributed by atoms with E-state index in [2.05, 4.69) is 25.5 Å². The first-order valence-corrected chi connectivity index (χ1v) is 8.63. The van der Waals surface area contributed by atoms with E-state index in [0.717, 1.165) is 16.3 Å². The molecule has 0 fully saturated rings. The van der Waals surface area contributed by atoms with Gasteiger partial charge in [0.1, 0.15) is 0 Å². The van der Waals surface area contributed by atoms with Crippen molar-refractivity contribution in [3.63, 3.8) is 0 Å². The summed E-state index contributed by atoms with van der Waals surface area (Å²) < 4.78 is 0. The van der Waals surface area contributed by atoms with Crippen LogP contribution in [0.5, 0.6) is 0 Å². The van der Waals surface area contributed by atoms with Crippen molar-refractivity contribution in [3.05, 3.63) is 70.4 Å². The Kier molecular flexibility index (Phi) is 4.02. The number of carbonyl (C=O) groups excluding carboxylic acids is 1. The average Bonchev–Trinajstić information content (AvgIpc) is 3.03. The second-order valence-electron chi connectivity index (χ2n) is 5.55. The molecule has 2 N–H and O–H groups in total. The SMILES string of the molecule is Cc1nc(NC(=O)c2n[nH]c(=O)c3ccccc23)sc1-c1ccccn1. The van der Waals surface area contributed by atoms with E-state index in [0.29, 0.717) is 15.9 Å². The number of benzene rings is 1. The highest BCUT2D eigenvalue weighted by Crippen LogP contribution is 2.31. The van der Waals surface area contributed by atoms with E-state index in [4.69, 9.17) is 0 Å². The first-order valence-electron chi connectivity index (χ1n) is 7.81. The molecule has 0 spiro atoms. The van der Waals surface area contributed by atoms with Gasteiger partial charge in [-0.2, -0.15) is 5.10 Å². The lowest BCUT2D eigenvalue weighted by molar-refractivity contribution is 0.102. The fourth-order valence-corrected chi connectivity index (χ4v) is 3.57. The van der Waals surface area contributed by atoms with Crippen molar-refractivity contribution >= 4 is 33.1 Å². The number of hydrogen-bond acceptors (Lipinski definition) is 6. The summed E-state index contributed by atoms with van der Waals surface area (Å²) in [6.07, 6.45) is 1.71. The number of carbonyl (C=O) groups is 1. The van der Waals surface area contributed by atoms with Gasteiger partial charge in [-0.05, 0) is 25.1 Å². The van der Waals surface area contributed by atoms with Crippen LogP contribution in [0.1, 0.15) is 16.2 Å². The lowest BCUT2D eigenvalue weighted by Gasteiger charge is -2.04. The van der Waals surface area contributed by atoms with Crippen LogP contribution < -0.4 is 10.9 Å². The maximum absolute atomic E-state index is 12.7. The highest BCUT2D eigenvalue weighted by atomic mass is 32.1. The number of hydrogen-bond donors (Lipinski definition) is 2. The number of pyridine rings is 1. The minimum absolute atomic E-state index is 0.146. The molecule has 7 nitrogen and oxygen atoms in total. The van der Waals surface area contributed by atoms with Crippen LogP contribution in [-0.4, -0.2) is 26.1 Å². The lowest BCUT2D eigenvalue weighted by Crippen LogP contribution is -2.19. The molecule has 0 radical (unpaired) electrons. The fraction of sp³-hybridized carbons (Fsp3) is 0.0556. The van der Waals surface area contributed by atoms with Crippen LogP contribution in [0.4, 0.5) is 5.13 Å². The van der Waals surface area contributed by atoms with Crippen molar-refractivity contribution in [1.82, 2.24) is 20.2 Å². The normalized spacial score (nSPS) is 10.8.